The number of benzene rings is 2. The van der Waals surface area contributed by atoms with Crippen molar-refractivity contribution in [2.24, 2.45) is 4.99 Å². The summed E-state index contributed by atoms with van der Waals surface area (Å²) in [7, 11) is 0. The zero-order valence-corrected chi connectivity index (χ0v) is 22.9. The number of esters is 1. The van der Waals surface area contributed by atoms with Gasteiger partial charge in [0, 0.05) is 54.3 Å². The Morgan fingerprint density at radius 3 is 2.40 bits per heavy atom. The van der Waals surface area contributed by atoms with Gasteiger partial charge in [-0.3, -0.25) is 25.0 Å². The molecule has 0 N–H and O–H groups in total. The number of carbonyl (C=O) groups excluding carboxylic acids is 1. The number of hydrogen-bond donors (Lipinski definition) is 0. The highest BCUT2D eigenvalue weighted by Crippen LogP contribution is 2.45. The van der Waals surface area contributed by atoms with E-state index in [-0.39, 0.29) is 18.2 Å². The molecule has 206 valence electrons. The van der Waals surface area contributed by atoms with Crippen molar-refractivity contribution >= 4 is 17.4 Å². The van der Waals surface area contributed by atoms with Crippen LogP contribution in [0, 0.1) is 10.1 Å². The maximum Gasteiger partial charge on any atom is 0.336 e. The molecule has 1 saturated heterocycles. The topological polar surface area (TPSA) is 97.9 Å². The predicted molar refractivity (Wildman–Crippen MR) is 154 cm³/mol. The first-order chi connectivity index (χ1) is 19.4. The third-order valence-corrected chi connectivity index (χ3v) is 8.03. The third-order valence-electron chi connectivity index (χ3n) is 8.03. The summed E-state index contributed by atoms with van der Waals surface area (Å²) in [5, 5.41) is 11.6. The summed E-state index contributed by atoms with van der Waals surface area (Å²) in [6, 6.07) is 20.9. The van der Waals surface area contributed by atoms with Crippen LogP contribution in [-0.4, -0.2) is 52.7 Å². The van der Waals surface area contributed by atoms with E-state index in [0.717, 1.165) is 37.2 Å². The lowest BCUT2D eigenvalue weighted by atomic mass is 9.73. The molecule has 2 atom stereocenters. The molecule has 1 aromatic heterocycles. The number of nitro groups is 1. The Labute approximate surface area is 234 Å². The molecule has 0 radical (unpaired) electrons. The van der Waals surface area contributed by atoms with E-state index in [1.54, 1.807) is 31.5 Å². The van der Waals surface area contributed by atoms with E-state index in [2.05, 4.69) is 34.1 Å². The fourth-order valence-corrected chi connectivity index (χ4v) is 6.05. The summed E-state index contributed by atoms with van der Waals surface area (Å²) < 4.78 is 5.86. The molecule has 1 fully saturated rings. The first kappa shape index (κ1) is 27.4. The number of likely N-dealkylation sites (tertiary alicyclic amines) is 1. The average Bonchev–Trinajstić information content (AvgIpc) is 2.98. The summed E-state index contributed by atoms with van der Waals surface area (Å²) in [6.45, 7) is 6.58. The van der Waals surface area contributed by atoms with E-state index in [4.69, 9.17) is 9.73 Å². The summed E-state index contributed by atoms with van der Waals surface area (Å²) in [6.07, 6.45) is 5.62. The normalized spacial score (nSPS) is 20.2. The lowest BCUT2D eigenvalue weighted by Crippen LogP contribution is -2.36. The number of nitrogens with zero attached hydrogens (tertiary/aromatic N) is 4. The standard InChI is InChI=1S/C32H34N4O4/c1-22-29(27-11-7-15-33-21-27)31(26-10-6-12-28(20-26)36(38)39)30(23(2)34-22)32(37)40-19-18-35-16-13-25(14-17-35)24-8-4-3-5-9-24/h3-12,15,20-21,25,29,31H,13-14,16-19H2,1-2H3. The van der Waals surface area contributed by atoms with Crippen LogP contribution in [0.2, 0.25) is 0 Å². The number of aromatic nitrogens is 1. The largest absolute Gasteiger partial charge is 0.461 e. The van der Waals surface area contributed by atoms with Crippen molar-refractivity contribution in [2.75, 3.05) is 26.2 Å². The number of carbonyl (C=O) groups is 1. The number of allylic oxidation sites excluding steroid dienone is 1. The maximum absolute atomic E-state index is 13.7. The number of pyridine rings is 1. The zero-order valence-electron chi connectivity index (χ0n) is 22.9. The summed E-state index contributed by atoms with van der Waals surface area (Å²) in [5.41, 5.74) is 4.75. The quantitative estimate of drug-likeness (QED) is 0.197. The molecule has 0 bridgehead atoms. The van der Waals surface area contributed by atoms with Gasteiger partial charge in [0.2, 0.25) is 0 Å². The number of piperidine rings is 1. The highest BCUT2D eigenvalue weighted by molar-refractivity contribution is 5.99. The number of hydrogen-bond acceptors (Lipinski definition) is 7. The number of rotatable bonds is 8. The van der Waals surface area contributed by atoms with Crippen LogP contribution in [0.4, 0.5) is 5.69 Å². The lowest BCUT2D eigenvalue weighted by Gasteiger charge is -2.34. The van der Waals surface area contributed by atoms with Crippen molar-refractivity contribution in [1.29, 1.82) is 0 Å². The second kappa shape index (κ2) is 12.3. The minimum absolute atomic E-state index is 0.0214. The van der Waals surface area contributed by atoms with Crippen molar-refractivity contribution in [3.63, 3.8) is 0 Å². The van der Waals surface area contributed by atoms with E-state index in [9.17, 15) is 14.9 Å². The summed E-state index contributed by atoms with van der Waals surface area (Å²) >= 11 is 0. The number of non-ortho nitro benzene ring substituents is 1. The molecular weight excluding hydrogens is 504 g/mol. The molecular formula is C32H34N4O4. The van der Waals surface area contributed by atoms with Gasteiger partial charge in [-0.25, -0.2) is 4.79 Å². The second-order valence-electron chi connectivity index (χ2n) is 10.5. The van der Waals surface area contributed by atoms with Gasteiger partial charge in [-0.15, -0.1) is 0 Å². The molecule has 2 aliphatic rings. The molecule has 2 aliphatic heterocycles. The minimum Gasteiger partial charge on any atom is -0.461 e. The summed E-state index contributed by atoms with van der Waals surface area (Å²) in [4.78, 5) is 36.2. The Morgan fingerprint density at radius 1 is 0.975 bits per heavy atom. The van der Waals surface area contributed by atoms with E-state index >= 15 is 0 Å². The predicted octanol–water partition coefficient (Wildman–Crippen LogP) is 6.03. The van der Waals surface area contributed by atoms with Gasteiger partial charge in [0.25, 0.3) is 5.69 Å². The Hall–Kier alpha value is -4.17. The van der Waals surface area contributed by atoms with Gasteiger partial charge in [-0.1, -0.05) is 48.5 Å². The Kier molecular flexibility index (Phi) is 8.45. The van der Waals surface area contributed by atoms with E-state index < -0.39 is 16.8 Å². The van der Waals surface area contributed by atoms with Crippen molar-refractivity contribution in [2.45, 2.75) is 44.4 Å². The van der Waals surface area contributed by atoms with E-state index in [1.165, 1.54) is 11.6 Å². The van der Waals surface area contributed by atoms with E-state index in [0.29, 0.717) is 29.3 Å². The van der Waals surface area contributed by atoms with Gasteiger partial charge in [0.1, 0.15) is 6.61 Å². The smallest absolute Gasteiger partial charge is 0.336 e. The fraction of sp³-hybridized carbons (Fsp3) is 0.344. The summed E-state index contributed by atoms with van der Waals surface area (Å²) in [5.74, 6) is -0.663. The lowest BCUT2D eigenvalue weighted by molar-refractivity contribution is -0.384. The van der Waals surface area contributed by atoms with Gasteiger partial charge in [0.05, 0.1) is 10.5 Å². The molecule has 0 amide bonds. The van der Waals surface area contributed by atoms with Crippen LogP contribution in [0.15, 0.2) is 95.4 Å². The fourth-order valence-electron chi connectivity index (χ4n) is 6.05. The minimum atomic E-state index is -0.490. The van der Waals surface area contributed by atoms with E-state index in [1.807, 2.05) is 31.2 Å². The molecule has 5 rings (SSSR count). The Bertz CT molecular complexity index is 1410. The van der Waals surface area contributed by atoms with Crippen LogP contribution in [0.1, 0.15) is 61.1 Å². The van der Waals surface area contributed by atoms with Gasteiger partial charge in [-0.2, -0.15) is 0 Å². The molecule has 0 aliphatic carbocycles. The molecule has 8 nitrogen and oxygen atoms in total. The Balaban J connectivity index is 1.33. The number of nitro benzene ring substituents is 1. The average molecular weight is 539 g/mol. The monoisotopic (exact) mass is 538 g/mol. The van der Waals surface area contributed by atoms with Crippen LogP contribution < -0.4 is 0 Å². The van der Waals surface area contributed by atoms with Crippen LogP contribution in [0.25, 0.3) is 0 Å². The van der Waals surface area contributed by atoms with Crippen LogP contribution >= 0.6 is 0 Å². The Morgan fingerprint density at radius 2 is 1.70 bits per heavy atom. The van der Waals surface area contributed by atoms with Gasteiger partial charge in [-0.05, 0) is 68.5 Å². The first-order valence-corrected chi connectivity index (χ1v) is 13.8. The van der Waals surface area contributed by atoms with Gasteiger partial charge < -0.3 is 4.74 Å². The molecule has 2 aromatic carbocycles. The molecule has 3 heterocycles. The first-order valence-electron chi connectivity index (χ1n) is 13.8. The van der Waals surface area contributed by atoms with Crippen LogP contribution in [0.5, 0.6) is 0 Å². The maximum atomic E-state index is 13.7. The second-order valence-corrected chi connectivity index (χ2v) is 10.5. The molecule has 8 heteroatoms. The highest BCUT2D eigenvalue weighted by Gasteiger charge is 2.39. The SMILES string of the molecule is CC1=NC(C)=C(C(=O)OCCN2CCC(c3ccccc3)CC2)C(c2cccc([N+](=O)[O-])c2)C1c1cccnc1. The van der Waals surface area contributed by atoms with Crippen molar-refractivity contribution < 1.29 is 14.5 Å². The van der Waals surface area contributed by atoms with Crippen molar-refractivity contribution in [3.8, 4) is 0 Å². The zero-order chi connectivity index (χ0) is 28.1. The molecule has 40 heavy (non-hydrogen) atoms. The highest BCUT2D eigenvalue weighted by atomic mass is 16.6. The van der Waals surface area contributed by atoms with Crippen LogP contribution in [-0.2, 0) is 9.53 Å². The van der Waals surface area contributed by atoms with Gasteiger partial charge >= 0.3 is 5.97 Å². The number of ether oxygens (including phenoxy) is 1. The molecule has 0 spiro atoms. The number of aliphatic imine (C=N–C) groups is 1. The third kappa shape index (κ3) is 6.02. The van der Waals surface area contributed by atoms with Gasteiger partial charge in [0.15, 0.2) is 0 Å². The molecule has 2 unspecified atom stereocenters. The molecule has 0 saturated carbocycles. The van der Waals surface area contributed by atoms with Crippen molar-refractivity contribution in [1.82, 2.24) is 9.88 Å². The van der Waals surface area contributed by atoms with Crippen molar-refractivity contribution in [3.05, 3.63) is 117 Å². The molecule has 3 aromatic rings. The van der Waals surface area contributed by atoms with Crippen LogP contribution in [0.3, 0.4) is 0 Å².